The van der Waals surface area contributed by atoms with Gasteiger partial charge < -0.3 is 9.64 Å². The first-order valence-electron chi connectivity index (χ1n) is 6.95. The number of carbonyl (C=O) groups is 3. The maximum atomic E-state index is 11.8. The van der Waals surface area contributed by atoms with Crippen LogP contribution in [0.4, 0.5) is 0 Å². The van der Waals surface area contributed by atoms with Gasteiger partial charge in [0.15, 0.2) is 12.7 Å². The Balaban J connectivity index is 0.00000106. The average Bonchev–Trinajstić information content (AvgIpc) is 2.86. The molecule has 0 N–H and O–H groups in total. The van der Waals surface area contributed by atoms with E-state index in [1.54, 1.807) is 16.7 Å². The summed E-state index contributed by atoms with van der Waals surface area (Å²) in [6, 6.07) is 0. The lowest BCUT2D eigenvalue weighted by atomic mass is 10.2. The fraction of sp³-hybridized carbons (Fsp3) is 0.769. The van der Waals surface area contributed by atoms with Crippen molar-refractivity contribution in [1.82, 2.24) is 9.80 Å². The molecule has 0 radical (unpaired) electrons. The van der Waals surface area contributed by atoms with E-state index < -0.39 is 0 Å². The van der Waals surface area contributed by atoms with Gasteiger partial charge >= 0.3 is 5.97 Å². The van der Waals surface area contributed by atoms with Gasteiger partial charge in [0, 0.05) is 0 Å². The topological polar surface area (TPSA) is 66.9 Å². The van der Waals surface area contributed by atoms with Crippen molar-refractivity contribution in [3.8, 4) is 0 Å². The Morgan fingerprint density at radius 3 is 2.52 bits per heavy atom. The molecule has 2 rings (SSSR count). The number of carbonyl (C=O) groups excluding carboxylic acids is 3. The first-order valence-corrected chi connectivity index (χ1v) is 8.53. The van der Waals surface area contributed by atoms with Gasteiger partial charge in [0.25, 0.3) is 0 Å². The molecule has 2 atom stereocenters. The number of esters is 1. The van der Waals surface area contributed by atoms with Crippen LogP contribution in [-0.2, 0) is 19.1 Å². The van der Waals surface area contributed by atoms with E-state index in [9.17, 15) is 14.4 Å². The Hall–Kier alpha value is -1.15. The number of quaternary nitrogens is 1. The highest BCUT2D eigenvalue weighted by Crippen LogP contribution is 2.27. The van der Waals surface area contributed by atoms with Crippen LogP contribution >= 0.6 is 15.9 Å². The molecule has 2 heterocycles. The van der Waals surface area contributed by atoms with Crippen molar-refractivity contribution in [2.75, 3.05) is 51.7 Å². The summed E-state index contributed by atoms with van der Waals surface area (Å²) in [5.74, 6) is 1.58. The summed E-state index contributed by atoms with van der Waals surface area (Å²) in [6.45, 7) is 5.58. The molecule has 0 spiro atoms. The average molecular weight is 365 g/mol. The van der Waals surface area contributed by atoms with Crippen molar-refractivity contribution < 1.29 is 23.6 Å². The van der Waals surface area contributed by atoms with Crippen LogP contribution in [0.15, 0.2) is 0 Å². The van der Waals surface area contributed by atoms with E-state index in [2.05, 4.69) is 15.9 Å². The molecule has 7 nitrogen and oxygen atoms in total. The van der Waals surface area contributed by atoms with Crippen molar-refractivity contribution in [2.45, 2.75) is 13.1 Å². The summed E-state index contributed by atoms with van der Waals surface area (Å²) >= 11 is 2.94. The van der Waals surface area contributed by atoms with Gasteiger partial charge in [0.1, 0.15) is 0 Å². The fourth-order valence-electron chi connectivity index (χ4n) is 3.04. The Morgan fingerprint density at radius 2 is 1.95 bits per heavy atom. The maximum Gasteiger partial charge on any atom is 0.361 e. The van der Waals surface area contributed by atoms with Crippen LogP contribution in [0.1, 0.15) is 6.92 Å². The zero-order valence-electron chi connectivity index (χ0n) is 12.5. The molecule has 0 saturated carbocycles. The number of nitrogens with zero attached hydrogens (tertiary/aromatic N) is 3. The predicted octanol–water partition coefficient (Wildman–Crippen LogP) is -0.352. The second-order valence-electron chi connectivity index (χ2n) is 5.05. The molecule has 0 aliphatic carbocycles. The van der Waals surface area contributed by atoms with Crippen molar-refractivity contribution in [2.24, 2.45) is 0 Å². The molecule has 21 heavy (non-hydrogen) atoms. The fourth-order valence-corrected chi connectivity index (χ4v) is 3.04. The van der Waals surface area contributed by atoms with Gasteiger partial charge in [0.2, 0.25) is 12.8 Å². The van der Waals surface area contributed by atoms with E-state index in [0.717, 1.165) is 19.4 Å². The summed E-state index contributed by atoms with van der Waals surface area (Å²) in [5, 5.41) is 0. The summed E-state index contributed by atoms with van der Waals surface area (Å²) in [7, 11) is 0. The van der Waals surface area contributed by atoms with Gasteiger partial charge in [-0.15, -0.1) is 0 Å². The standard InChI is InChI=1S/C12H20N3O4.CH3Br/c1-2-19-12(18)8-15-5-3-13(9-16)7-11(15)14(10-17)4-6-15;1-2/h9-11H,2-8H2,1H3;1H3/q+1;. The van der Waals surface area contributed by atoms with Gasteiger partial charge in [-0.3, -0.25) is 19.0 Å². The lowest BCUT2D eigenvalue weighted by Crippen LogP contribution is -2.66. The second kappa shape index (κ2) is 8.33. The maximum absolute atomic E-state index is 11.8. The summed E-state index contributed by atoms with van der Waals surface area (Å²) < 4.78 is 5.55. The largest absolute Gasteiger partial charge is 0.462 e. The van der Waals surface area contributed by atoms with E-state index in [4.69, 9.17) is 4.74 Å². The van der Waals surface area contributed by atoms with E-state index in [-0.39, 0.29) is 18.7 Å². The van der Waals surface area contributed by atoms with Crippen LogP contribution in [0.2, 0.25) is 0 Å². The Morgan fingerprint density at radius 1 is 1.29 bits per heavy atom. The van der Waals surface area contributed by atoms with Crippen LogP contribution in [0.5, 0.6) is 0 Å². The molecule has 120 valence electrons. The van der Waals surface area contributed by atoms with E-state index in [0.29, 0.717) is 37.3 Å². The molecular weight excluding hydrogens is 342 g/mol. The Labute approximate surface area is 133 Å². The van der Waals surface area contributed by atoms with Crippen molar-refractivity contribution in [1.29, 1.82) is 0 Å². The van der Waals surface area contributed by atoms with Crippen LogP contribution < -0.4 is 0 Å². The Kier molecular flexibility index (Phi) is 7.10. The van der Waals surface area contributed by atoms with E-state index in [1.165, 1.54) is 0 Å². The van der Waals surface area contributed by atoms with Crippen LogP contribution in [-0.4, -0.2) is 90.9 Å². The van der Waals surface area contributed by atoms with Crippen molar-refractivity contribution in [3.05, 3.63) is 0 Å². The lowest BCUT2D eigenvalue weighted by molar-refractivity contribution is -0.940. The van der Waals surface area contributed by atoms with Crippen LogP contribution in [0, 0.1) is 0 Å². The smallest absolute Gasteiger partial charge is 0.361 e. The van der Waals surface area contributed by atoms with E-state index >= 15 is 0 Å². The van der Waals surface area contributed by atoms with E-state index in [1.807, 2.05) is 5.83 Å². The molecule has 0 aromatic rings. The lowest BCUT2D eigenvalue weighted by Gasteiger charge is -2.45. The molecule has 2 unspecified atom stereocenters. The second-order valence-corrected chi connectivity index (χ2v) is 5.05. The minimum absolute atomic E-state index is 0.124. The van der Waals surface area contributed by atoms with Gasteiger partial charge in [0.05, 0.1) is 39.3 Å². The highest BCUT2D eigenvalue weighted by atomic mass is 79.9. The van der Waals surface area contributed by atoms with Gasteiger partial charge in [-0.05, 0) is 12.8 Å². The predicted molar refractivity (Wildman–Crippen MR) is 80.5 cm³/mol. The van der Waals surface area contributed by atoms with Crippen LogP contribution in [0.3, 0.4) is 0 Å². The molecular formula is C13H23BrN3O4+. The number of fused-ring (bicyclic) bond motifs is 1. The molecule has 2 aliphatic rings. The minimum atomic E-state index is -0.236. The highest BCUT2D eigenvalue weighted by Gasteiger charge is 2.51. The Bertz CT molecular complexity index is 382. The molecule has 2 saturated heterocycles. The number of amides is 2. The van der Waals surface area contributed by atoms with Gasteiger partial charge in [-0.2, -0.15) is 0 Å². The number of alkyl halides is 1. The SMILES string of the molecule is CBr.CCOC(=O)C[N+]12CCN(C=O)CC1N(C=O)CC2. The molecule has 2 amide bonds. The quantitative estimate of drug-likeness (QED) is 0.289. The highest BCUT2D eigenvalue weighted by molar-refractivity contribution is 9.08. The van der Waals surface area contributed by atoms with Crippen molar-refractivity contribution in [3.63, 3.8) is 0 Å². The van der Waals surface area contributed by atoms with Crippen LogP contribution in [0.25, 0.3) is 0 Å². The molecule has 0 bridgehead atoms. The van der Waals surface area contributed by atoms with Gasteiger partial charge in [-0.1, -0.05) is 15.9 Å². The summed E-state index contributed by atoms with van der Waals surface area (Å²) in [6.07, 6.45) is 1.49. The third-order valence-corrected chi connectivity index (χ3v) is 4.08. The number of halogens is 1. The number of piperazine rings is 1. The van der Waals surface area contributed by atoms with Crippen molar-refractivity contribution >= 4 is 34.7 Å². The number of rotatable bonds is 5. The first-order chi connectivity index (χ1) is 10.1. The minimum Gasteiger partial charge on any atom is -0.462 e. The molecule has 2 fully saturated rings. The molecule has 0 aromatic heterocycles. The number of ether oxygens (including phenoxy) is 1. The summed E-state index contributed by atoms with van der Waals surface area (Å²) in [5.41, 5.74) is 0. The monoisotopic (exact) mass is 364 g/mol. The summed E-state index contributed by atoms with van der Waals surface area (Å²) in [4.78, 5) is 37.1. The zero-order chi connectivity index (χ0) is 15.9. The molecule has 0 aromatic carbocycles. The normalized spacial score (nSPS) is 27.3. The first kappa shape index (κ1) is 17.9. The number of hydrogen-bond acceptors (Lipinski definition) is 4. The van der Waals surface area contributed by atoms with Gasteiger partial charge in [-0.25, -0.2) is 4.79 Å². The third kappa shape index (κ3) is 3.94. The molecule has 2 aliphatic heterocycles. The zero-order valence-corrected chi connectivity index (χ0v) is 14.1. The third-order valence-electron chi connectivity index (χ3n) is 4.08. The molecule has 8 heteroatoms. The number of hydrogen-bond donors (Lipinski definition) is 0.